The molecule has 0 saturated carbocycles. The molecule has 3 nitrogen and oxygen atoms in total. The molecule has 0 aliphatic carbocycles. The van der Waals surface area contributed by atoms with Crippen LogP contribution in [0.4, 0.5) is 17.1 Å². The molecule has 2 aromatic heterocycles. The van der Waals surface area contributed by atoms with Gasteiger partial charge in [-0.1, -0.05) is 103 Å². The number of fused-ring (bicyclic) bond motifs is 9. The van der Waals surface area contributed by atoms with E-state index < -0.39 is 0 Å². The van der Waals surface area contributed by atoms with Gasteiger partial charge in [-0.05, 0) is 88.6 Å². The van der Waals surface area contributed by atoms with E-state index in [0.29, 0.717) is 0 Å². The van der Waals surface area contributed by atoms with Crippen LogP contribution in [0.2, 0.25) is 0 Å². The van der Waals surface area contributed by atoms with Crippen LogP contribution < -0.4 is 9.64 Å². The third-order valence-electron chi connectivity index (χ3n) is 10.1. The Balaban J connectivity index is 1.23. The normalized spacial score (nSPS) is 12.2. The molecule has 11 rings (SSSR count). The van der Waals surface area contributed by atoms with E-state index in [4.69, 9.17) is 4.74 Å². The lowest BCUT2D eigenvalue weighted by Gasteiger charge is -2.30. The summed E-state index contributed by atoms with van der Waals surface area (Å²) >= 11 is 1.86. The number of hydrogen-bond acceptors (Lipinski definition) is 3. The minimum Gasteiger partial charge on any atom is -0.451 e. The first-order valence-electron chi connectivity index (χ1n) is 16.9. The lowest BCUT2D eigenvalue weighted by Crippen LogP contribution is -2.13. The zero-order valence-corrected chi connectivity index (χ0v) is 27.7. The SMILES string of the molecule is c1ccc(-c2ccc(N(c3ccc4c5ccccc5n5c4c3Oc3ccccc3-5)c3cccc4sc5cc6ccccc6cc5c34)cc2)cc1. The first-order valence-corrected chi connectivity index (χ1v) is 17.7. The molecule has 0 fully saturated rings. The average Bonchev–Trinajstić information content (AvgIpc) is 3.72. The van der Waals surface area contributed by atoms with Crippen LogP contribution in [0, 0.1) is 0 Å². The summed E-state index contributed by atoms with van der Waals surface area (Å²) in [5.41, 5.74) is 8.88. The highest BCUT2D eigenvalue weighted by Gasteiger charge is 2.29. The van der Waals surface area contributed by atoms with E-state index in [9.17, 15) is 0 Å². The van der Waals surface area contributed by atoms with Gasteiger partial charge >= 0.3 is 0 Å². The molecular weight excluding hydrogens is 629 g/mol. The van der Waals surface area contributed by atoms with E-state index in [1.54, 1.807) is 0 Å². The summed E-state index contributed by atoms with van der Waals surface area (Å²) in [6, 6.07) is 61.2. The molecule has 234 valence electrons. The number of para-hydroxylation sites is 3. The van der Waals surface area contributed by atoms with E-state index in [-0.39, 0.29) is 0 Å². The van der Waals surface area contributed by atoms with Gasteiger partial charge in [0.1, 0.15) is 0 Å². The molecule has 0 spiro atoms. The molecule has 0 amide bonds. The minimum atomic E-state index is 0.847. The molecule has 3 heterocycles. The Morgan fingerprint density at radius 2 is 1.24 bits per heavy atom. The van der Waals surface area contributed by atoms with Crippen LogP contribution in [0.15, 0.2) is 170 Å². The van der Waals surface area contributed by atoms with E-state index in [1.807, 2.05) is 11.3 Å². The Kier molecular flexibility index (Phi) is 5.83. The Labute approximate surface area is 292 Å². The molecule has 4 heteroatoms. The topological polar surface area (TPSA) is 17.4 Å². The van der Waals surface area contributed by atoms with Gasteiger partial charge in [0.25, 0.3) is 0 Å². The predicted molar refractivity (Wildman–Crippen MR) is 211 cm³/mol. The van der Waals surface area contributed by atoms with Crippen LogP contribution in [0.3, 0.4) is 0 Å². The van der Waals surface area contributed by atoms with Gasteiger partial charge in [0.2, 0.25) is 0 Å². The second-order valence-corrected chi connectivity index (χ2v) is 14.0. The number of rotatable bonds is 4. The Bertz CT molecular complexity index is 2960. The Hall–Kier alpha value is -6.36. The van der Waals surface area contributed by atoms with Crippen molar-refractivity contribution < 1.29 is 4.74 Å². The zero-order valence-electron chi connectivity index (χ0n) is 26.9. The quantitative estimate of drug-likeness (QED) is 0.188. The van der Waals surface area contributed by atoms with Gasteiger partial charge in [0, 0.05) is 36.6 Å². The van der Waals surface area contributed by atoms with Gasteiger partial charge in [0.05, 0.1) is 28.1 Å². The highest BCUT2D eigenvalue weighted by molar-refractivity contribution is 7.26. The van der Waals surface area contributed by atoms with E-state index >= 15 is 0 Å². The van der Waals surface area contributed by atoms with Crippen molar-refractivity contribution in [3.8, 4) is 28.3 Å². The van der Waals surface area contributed by atoms with Gasteiger partial charge in [-0.15, -0.1) is 11.3 Å². The van der Waals surface area contributed by atoms with Gasteiger partial charge in [-0.3, -0.25) is 0 Å². The second kappa shape index (κ2) is 10.6. The smallest absolute Gasteiger partial charge is 0.176 e. The van der Waals surface area contributed by atoms with Crippen LogP contribution in [0.5, 0.6) is 11.5 Å². The number of hydrogen-bond donors (Lipinski definition) is 0. The summed E-state index contributed by atoms with van der Waals surface area (Å²) in [6.07, 6.45) is 0. The summed E-state index contributed by atoms with van der Waals surface area (Å²) < 4.78 is 11.9. The monoisotopic (exact) mass is 656 g/mol. The second-order valence-electron chi connectivity index (χ2n) is 12.9. The molecule has 0 N–H and O–H groups in total. The van der Waals surface area contributed by atoms with Crippen molar-refractivity contribution in [1.29, 1.82) is 0 Å². The molecule has 0 unspecified atom stereocenters. The fourth-order valence-corrected chi connectivity index (χ4v) is 9.06. The van der Waals surface area contributed by atoms with Crippen molar-refractivity contribution in [2.45, 2.75) is 0 Å². The van der Waals surface area contributed by atoms with Crippen LogP contribution >= 0.6 is 11.3 Å². The van der Waals surface area contributed by atoms with Gasteiger partial charge < -0.3 is 14.2 Å². The molecule has 0 bridgehead atoms. The highest BCUT2D eigenvalue weighted by Crippen LogP contribution is 2.54. The molecule has 0 radical (unpaired) electrons. The lowest BCUT2D eigenvalue weighted by molar-refractivity contribution is 0.477. The minimum absolute atomic E-state index is 0.847. The van der Waals surface area contributed by atoms with Gasteiger partial charge in [0.15, 0.2) is 11.5 Å². The Morgan fingerprint density at radius 3 is 2.12 bits per heavy atom. The van der Waals surface area contributed by atoms with Crippen molar-refractivity contribution in [1.82, 2.24) is 4.57 Å². The van der Waals surface area contributed by atoms with E-state index in [1.165, 1.54) is 58.4 Å². The fraction of sp³-hybridized carbons (Fsp3) is 0. The van der Waals surface area contributed by atoms with E-state index in [2.05, 4.69) is 179 Å². The van der Waals surface area contributed by atoms with Gasteiger partial charge in [-0.2, -0.15) is 0 Å². The predicted octanol–water partition coefficient (Wildman–Crippen LogP) is 13.5. The summed E-state index contributed by atoms with van der Waals surface area (Å²) in [5, 5.41) is 7.41. The van der Waals surface area contributed by atoms with Crippen LogP contribution in [0.1, 0.15) is 0 Å². The average molecular weight is 657 g/mol. The summed E-state index contributed by atoms with van der Waals surface area (Å²) in [5.74, 6) is 1.70. The first kappa shape index (κ1) is 27.6. The molecular formula is C46H28N2OS. The molecule has 1 aliphatic rings. The molecule has 10 aromatic rings. The maximum Gasteiger partial charge on any atom is 0.176 e. The molecule has 0 atom stereocenters. The third-order valence-corrected chi connectivity index (χ3v) is 11.3. The fourth-order valence-electron chi connectivity index (χ4n) is 7.90. The van der Waals surface area contributed by atoms with Crippen molar-refractivity contribution in [3.05, 3.63) is 170 Å². The summed E-state index contributed by atoms with van der Waals surface area (Å²) in [4.78, 5) is 2.41. The number of thiophene rings is 1. The van der Waals surface area contributed by atoms with Crippen LogP contribution in [0.25, 0.3) is 69.6 Å². The number of anilines is 3. The molecule has 8 aromatic carbocycles. The lowest BCUT2D eigenvalue weighted by atomic mass is 10.0. The zero-order chi connectivity index (χ0) is 32.8. The third kappa shape index (κ3) is 3.97. The summed E-state index contributed by atoms with van der Waals surface area (Å²) in [6.45, 7) is 0. The maximum atomic E-state index is 7.01. The molecule has 0 saturated heterocycles. The van der Waals surface area contributed by atoms with Crippen LogP contribution in [-0.2, 0) is 0 Å². The number of benzene rings is 8. The molecule has 1 aliphatic heterocycles. The molecule has 50 heavy (non-hydrogen) atoms. The summed E-state index contributed by atoms with van der Waals surface area (Å²) in [7, 11) is 0. The maximum absolute atomic E-state index is 7.01. The number of aromatic nitrogens is 1. The van der Waals surface area contributed by atoms with Crippen molar-refractivity contribution in [3.63, 3.8) is 0 Å². The highest BCUT2D eigenvalue weighted by atomic mass is 32.1. The van der Waals surface area contributed by atoms with Crippen molar-refractivity contribution in [2.75, 3.05) is 4.90 Å². The van der Waals surface area contributed by atoms with E-state index in [0.717, 1.165) is 39.8 Å². The number of nitrogens with zero attached hydrogens (tertiary/aromatic N) is 2. The standard InChI is InChI=1S/C46H28N2OS/c1-2-11-29(12-3-1)30-21-23-33(24-22-30)47(39-18-10-20-42-44(39)36-27-31-13-4-5-14-32(31)28-43(36)50-42)40-26-25-35-34-15-6-7-16-37(34)48-38-17-8-9-19-41(38)49-46(40)45(35)48/h1-28H. The first-order chi connectivity index (χ1) is 24.8. The Morgan fingerprint density at radius 1 is 0.500 bits per heavy atom. The number of ether oxygens (including phenoxy) is 1. The van der Waals surface area contributed by atoms with Crippen molar-refractivity contribution >= 4 is 81.1 Å². The van der Waals surface area contributed by atoms with Crippen LogP contribution in [-0.4, -0.2) is 4.57 Å². The van der Waals surface area contributed by atoms with Crippen molar-refractivity contribution in [2.24, 2.45) is 0 Å². The largest absolute Gasteiger partial charge is 0.451 e. The van der Waals surface area contributed by atoms with Gasteiger partial charge in [-0.25, -0.2) is 0 Å².